The molecule has 0 aliphatic carbocycles. The van der Waals surface area contributed by atoms with E-state index in [1.807, 2.05) is 48.5 Å². The third kappa shape index (κ3) is 8.48. The number of rotatable bonds is 6. The molecule has 0 saturated heterocycles. The average Bonchev–Trinajstić information content (AvgIpc) is 2.92. The van der Waals surface area contributed by atoms with E-state index in [2.05, 4.69) is 20.0 Å². The van der Waals surface area contributed by atoms with Gasteiger partial charge in [0.05, 0.1) is 22.7 Å². The van der Waals surface area contributed by atoms with Crippen molar-refractivity contribution in [1.29, 1.82) is 0 Å². The topological polar surface area (TPSA) is 118 Å². The molecule has 0 fully saturated rings. The molecule has 180 valence electrons. The van der Waals surface area contributed by atoms with Gasteiger partial charge < -0.3 is 0 Å². The average molecular weight is 507 g/mol. The molecule has 4 aromatic rings. The third-order valence-electron chi connectivity index (χ3n) is 4.83. The summed E-state index contributed by atoms with van der Waals surface area (Å²) in [6.45, 7) is 0. The van der Waals surface area contributed by atoms with E-state index in [1.54, 1.807) is 48.5 Å². The predicted molar refractivity (Wildman–Crippen MR) is 145 cm³/mol. The summed E-state index contributed by atoms with van der Waals surface area (Å²) in [5.41, 5.74) is 6.21. The number of benzene rings is 4. The number of aliphatic imine (C=N–C) groups is 4. The third-order valence-corrected chi connectivity index (χ3v) is 4.83. The molecule has 0 saturated carbocycles. The first kappa shape index (κ1) is 28.0. The van der Waals surface area contributed by atoms with Gasteiger partial charge in [0.25, 0.3) is 0 Å². The van der Waals surface area contributed by atoms with Gasteiger partial charge in [0.15, 0.2) is 0 Å². The van der Waals surface area contributed by atoms with Gasteiger partial charge in [-0.2, -0.15) is 33.5 Å². The van der Waals surface area contributed by atoms with E-state index >= 15 is 0 Å². The molecule has 8 nitrogen and oxygen atoms in total. The van der Waals surface area contributed by atoms with Gasteiger partial charge in [0.2, 0.25) is 24.3 Å². The molecular weight excluding hydrogens is 488 g/mol. The Kier molecular flexibility index (Phi) is 11.3. The molecule has 0 N–H and O–H groups in total. The summed E-state index contributed by atoms with van der Waals surface area (Å²) >= 11 is 0. The monoisotopic (exact) mass is 506 g/mol. The maximum atomic E-state index is 10.1. The van der Waals surface area contributed by atoms with Gasteiger partial charge in [0.1, 0.15) is 0 Å². The quantitative estimate of drug-likeness (QED) is 0.214. The Hall–Kier alpha value is -5.25. The van der Waals surface area contributed by atoms with Crippen molar-refractivity contribution >= 4 is 60.6 Å². The molecule has 0 bridgehead atoms. The van der Waals surface area contributed by atoms with Gasteiger partial charge in [-0.1, -0.05) is 48.5 Å². The van der Waals surface area contributed by atoms with E-state index in [1.165, 1.54) is 24.3 Å². The smallest absolute Gasteiger partial charge is 0.211 e. The molecule has 0 heterocycles. The van der Waals surface area contributed by atoms with E-state index in [-0.39, 0.29) is 13.5 Å². The molecule has 0 aliphatic rings. The van der Waals surface area contributed by atoms with Crippen LogP contribution in [0.3, 0.4) is 0 Å². The zero-order valence-electron chi connectivity index (χ0n) is 19.2. The van der Waals surface area contributed by atoms with Gasteiger partial charge >= 0.3 is 0 Å². The van der Waals surface area contributed by atoms with Crippen LogP contribution in [-0.2, 0) is 19.2 Å². The van der Waals surface area contributed by atoms with Crippen molar-refractivity contribution in [3.63, 3.8) is 0 Å². The Labute approximate surface area is 218 Å². The van der Waals surface area contributed by atoms with Gasteiger partial charge in [-0.15, -0.1) is 0 Å². The first-order valence-electron chi connectivity index (χ1n) is 10.4. The predicted octanol–water partition coefficient (Wildman–Crippen LogP) is 6.69. The summed E-state index contributed by atoms with van der Waals surface area (Å²) < 4.78 is 0. The largest absolute Gasteiger partial charge is 0.240 e. The minimum absolute atomic E-state index is 0. The Morgan fingerprint density at radius 1 is 0.324 bits per heavy atom. The lowest BCUT2D eigenvalue weighted by Gasteiger charge is -2.01. The van der Waals surface area contributed by atoms with Crippen molar-refractivity contribution in [2.45, 2.75) is 0 Å². The Morgan fingerprint density at radius 2 is 0.486 bits per heavy atom. The Bertz CT molecular complexity index is 1270. The fourth-order valence-electron chi connectivity index (χ4n) is 3.12. The second-order valence-electron chi connectivity index (χ2n) is 7.00. The normalized spacial score (nSPS) is 8.86. The number of hydrogen-bond acceptors (Lipinski definition) is 8. The van der Waals surface area contributed by atoms with Crippen molar-refractivity contribution in [3.8, 4) is 22.3 Å². The van der Waals surface area contributed by atoms with Crippen LogP contribution in [0, 0.1) is 0 Å². The summed E-state index contributed by atoms with van der Waals surface area (Å²) in [6.07, 6.45) is 5.96. The molecule has 4 aromatic carbocycles. The Morgan fingerprint density at radius 3 is 0.622 bits per heavy atom. The highest BCUT2D eigenvalue weighted by Gasteiger charge is 1.99. The van der Waals surface area contributed by atoms with Crippen LogP contribution in [0.25, 0.3) is 22.3 Å². The molecule has 0 radical (unpaired) electrons. The van der Waals surface area contributed by atoms with Crippen LogP contribution in [0.2, 0.25) is 0 Å². The second kappa shape index (κ2) is 14.9. The minimum Gasteiger partial charge on any atom is -0.211 e. The zero-order chi connectivity index (χ0) is 25.6. The van der Waals surface area contributed by atoms with E-state index < -0.39 is 0 Å². The molecule has 37 heavy (non-hydrogen) atoms. The first-order valence-corrected chi connectivity index (χ1v) is 10.4. The van der Waals surface area contributed by atoms with Gasteiger partial charge in [-0.3, -0.25) is 0 Å². The van der Waals surface area contributed by atoms with Crippen LogP contribution < -0.4 is 0 Å². The van der Waals surface area contributed by atoms with Crippen molar-refractivity contribution < 1.29 is 19.2 Å². The fourth-order valence-corrected chi connectivity index (χ4v) is 3.12. The summed E-state index contributed by atoms with van der Waals surface area (Å²) in [5, 5.41) is 0. The van der Waals surface area contributed by atoms with Crippen molar-refractivity contribution in [3.05, 3.63) is 97.1 Å². The second-order valence-corrected chi connectivity index (χ2v) is 7.00. The number of carbonyl (C=O) groups excluding carboxylic acids is 4. The maximum absolute atomic E-state index is 10.1. The maximum Gasteiger partial charge on any atom is 0.240 e. The van der Waals surface area contributed by atoms with Crippen molar-refractivity contribution in [2.75, 3.05) is 0 Å². The molecule has 0 aromatic heterocycles. The van der Waals surface area contributed by atoms with Crippen LogP contribution in [0.1, 0.15) is 0 Å². The van der Waals surface area contributed by atoms with Crippen LogP contribution in [0.5, 0.6) is 0 Å². The number of hydrogen-bond donors (Lipinski definition) is 0. The molecule has 0 aliphatic heterocycles. The fraction of sp³-hybridized carbons (Fsp3) is 0. The standard InChI is InChI=1S/2C14H8N2O2.H2S/c2*17-9-15-13-5-1-11(2-6-13)12-3-7-14(8-4-12)16-10-18;/h2*1-8H;1H2. The van der Waals surface area contributed by atoms with E-state index in [0.29, 0.717) is 22.7 Å². The first-order chi connectivity index (χ1) is 17.7. The Balaban J connectivity index is 0.000000253. The molecular formula is C28H18N4O4S. The lowest BCUT2D eigenvalue weighted by Crippen LogP contribution is -1.76. The van der Waals surface area contributed by atoms with Crippen LogP contribution in [0.4, 0.5) is 22.7 Å². The highest BCUT2D eigenvalue weighted by molar-refractivity contribution is 7.59. The highest BCUT2D eigenvalue weighted by Crippen LogP contribution is 2.25. The molecule has 4 rings (SSSR count). The van der Waals surface area contributed by atoms with Crippen molar-refractivity contribution in [2.24, 2.45) is 20.0 Å². The molecule has 0 amide bonds. The van der Waals surface area contributed by atoms with Crippen LogP contribution in [0.15, 0.2) is 117 Å². The molecule has 0 spiro atoms. The van der Waals surface area contributed by atoms with Gasteiger partial charge in [-0.05, 0) is 70.8 Å². The zero-order valence-corrected chi connectivity index (χ0v) is 20.2. The highest BCUT2D eigenvalue weighted by atomic mass is 32.1. The summed E-state index contributed by atoms with van der Waals surface area (Å²) in [4.78, 5) is 54.4. The van der Waals surface area contributed by atoms with Crippen molar-refractivity contribution in [1.82, 2.24) is 0 Å². The summed E-state index contributed by atoms with van der Waals surface area (Å²) in [7, 11) is 0. The number of nitrogens with zero attached hydrogens (tertiary/aromatic N) is 4. The molecule has 0 unspecified atom stereocenters. The van der Waals surface area contributed by atoms with Crippen LogP contribution in [-0.4, -0.2) is 24.3 Å². The lowest BCUT2D eigenvalue weighted by atomic mass is 10.1. The molecule has 9 heteroatoms. The van der Waals surface area contributed by atoms with E-state index in [4.69, 9.17) is 0 Å². The molecule has 0 atom stereocenters. The minimum atomic E-state index is 0. The SMILES string of the molecule is O=C=Nc1ccc(-c2ccc(N=C=O)cc2)cc1.O=C=Nc1ccc(-c2ccc(N=C=O)cc2)cc1.S. The summed E-state index contributed by atoms with van der Waals surface area (Å²) in [5.74, 6) is 0. The van der Waals surface area contributed by atoms with Crippen LogP contribution >= 0.6 is 13.5 Å². The lowest BCUT2D eigenvalue weighted by molar-refractivity contribution is 0.564. The van der Waals surface area contributed by atoms with Gasteiger partial charge in [-0.25, -0.2) is 19.2 Å². The van der Waals surface area contributed by atoms with E-state index in [9.17, 15) is 19.2 Å². The van der Waals surface area contributed by atoms with Gasteiger partial charge in [0, 0.05) is 0 Å². The number of isocyanates is 4. The summed E-state index contributed by atoms with van der Waals surface area (Å²) in [6, 6.07) is 28.7. The van der Waals surface area contributed by atoms with E-state index in [0.717, 1.165) is 22.3 Å².